The zero-order valence-corrected chi connectivity index (χ0v) is 25.9. The highest BCUT2D eigenvalue weighted by Crippen LogP contribution is 2.31. The van der Waals surface area contributed by atoms with Gasteiger partial charge in [-0.3, -0.25) is 10.00 Å². The Balaban J connectivity index is 1.36. The molecule has 1 aliphatic heterocycles. The lowest BCUT2D eigenvalue weighted by molar-refractivity contribution is 0.0398. The summed E-state index contributed by atoms with van der Waals surface area (Å²) in [6, 6.07) is 17.2. The van der Waals surface area contributed by atoms with Gasteiger partial charge in [0.1, 0.15) is 0 Å². The Morgan fingerprint density at radius 3 is 2.68 bits per heavy atom. The van der Waals surface area contributed by atoms with Crippen molar-refractivity contribution >= 4 is 42.3 Å². The monoisotopic (exact) mass is 593 g/mol. The first-order valence-corrected chi connectivity index (χ1v) is 18.4. The van der Waals surface area contributed by atoms with E-state index < -0.39 is 8.07 Å². The van der Waals surface area contributed by atoms with Crippen LogP contribution in [0.2, 0.25) is 30.7 Å². The molecule has 11 heteroatoms. The third-order valence-corrected chi connectivity index (χ3v) is 9.20. The molecule has 0 unspecified atom stereocenters. The number of aromatic amines is 1. The quantitative estimate of drug-likeness (QED) is 0.130. The van der Waals surface area contributed by atoms with Crippen molar-refractivity contribution in [2.45, 2.75) is 38.8 Å². The van der Waals surface area contributed by atoms with E-state index in [0.717, 1.165) is 90.7 Å². The minimum absolute atomic E-state index is 0.401. The molecule has 3 N–H and O–H groups in total. The first kappa shape index (κ1) is 29.5. The number of hydrogen-bond acceptors (Lipinski definition) is 8. The molecular weight excluding hydrogens is 554 g/mol. The summed E-state index contributed by atoms with van der Waals surface area (Å²) in [4.78, 5) is 12.1. The van der Waals surface area contributed by atoms with Crippen molar-refractivity contribution in [3.63, 3.8) is 0 Å². The summed E-state index contributed by atoms with van der Waals surface area (Å²) in [5, 5.41) is 16.4. The summed E-state index contributed by atoms with van der Waals surface area (Å²) in [6.45, 7) is 14.0. The van der Waals surface area contributed by atoms with E-state index >= 15 is 0 Å². The number of hydrogen-bond donors (Lipinski definition) is 3. The first-order valence-electron chi connectivity index (χ1n) is 14.3. The molecule has 9 nitrogen and oxygen atoms in total. The van der Waals surface area contributed by atoms with Crippen molar-refractivity contribution in [1.29, 1.82) is 0 Å². The Bertz CT molecular complexity index is 1440. The summed E-state index contributed by atoms with van der Waals surface area (Å²) < 4.78 is 11.6. The van der Waals surface area contributed by atoms with E-state index in [2.05, 4.69) is 57.5 Å². The Kier molecular flexibility index (Phi) is 9.89. The van der Waals surface area contributed by atoms with E-state index in [1.165, 1.54) is 0 Å². The van der Waals surface area contributed by atoms with Gasteiger partial charge in [-0.25, -0.2) is 4.98 Å². The number of halogens is 1. The Morgan fingerprint density at radius 1 is 1.05 bits per heavy atom. The molecule has 0 amide bonds. The number of aromatic nitrogens is 4. The maximum atomic E-state index is 6.36. The molecule has 1 saturated heterocycles. The number of nitrogens with one attached hydrogen (secondary N) is 3. The van der Waals surface area contributed by atoms with Gasteiger partial charge in [-0.05, 0) is 29.8 Å². The molecule has 4 aromatic rings. The molecule has 0 atom stereocenters. The van der Waals surface area contributed by atoms with Crippen LogP contribution in [0.25, 0.3) is 22.3 Å². The van der Waals surface area contributed by atoms with Gasteiger partial charge < -0.3 is 20.1 Å². The minimum Gasteiger partial charge on any atom is -0.381 e. The number of rotatable bonds is 13. The van der Waals surface area contributed by atoms with Gasteiger partial charge in [0, 0.05) is 63.7 Å². The van der Waals surface area contributed by atoms with Crippen molar-refractivity contribution in [1.82, 2.24) is 25.1 Å². The number of morpholine rings is 1. The maximum Gasteiger partial charge on any atom is 0.225 e. The average Bonchev–Trinajstić information content (AvgIpc) is 3.39. The van der Waals surface area contributed by atoms with Crippen molar-refractivity contribution < 1.29 is 9.47 Å². The highest BCUT2D eigenvalue weighted by molar-refractivity contribution is 6.76. The Labute approximate surface area is 248 Å². The largest absolute Gasteiger partial charge is 0.381 e. The lowest BCUT2D eigenvalue weighted by atomic mass is 10.1. The Hall–Kier alpha value is -3.02. The highest BCUT2D eigenvalue weighted by Gasteiger charge is 2.19. The number of benzene rings is 2. The normalized spacial score (nSPS) is 14.4. The van der Waals surface area contributed by atoms with Crippen LogP contribution in [-0.4, -0.2) is 79.1 Å². The summed E-state index contributed by atoms with van der Waals surface area (Å²) in [6.07, 6.45) is 0. The first-order chi connectivity index (χ1) is 19.9. The zero-order chi connectivity index (χ0) is 28.7. The average molecular weight is 594 g/mol. The summed E-state index contributed by atoms with van der Waals surface area (Å²) >= 11 is 6.36. The molecular formula is C30H40ClN7O2Si. The van der Waals surface area contributed by atoms with E-state index in [0.29, 0.717) is 24.7 Å². The maximum absolute atomic E-state index is 6.36. The van der Waals surface area contributed by atoms with Gasteiger partial charge in [0.15, 0.2) is 5.65 Å². The van der Waals surface area contributed by atoms with Crippen molar-refractivity contribution in [3.05, 3.63) is 64.8 Å². The molecule has 1 aliphatic rings. The fraction of sp³-hybridized carbons (Fsp3) is 0.433. The summed E-state index contributed by atoms with van der Waals surface area (Å²) in [5.74, 6) is 0.572. The molecule has 41 heavy (non-hydrogen) atoms. The SMILES string of the molecule is C[Si](C)(C)CCOCc1nc(NCCN2CCOCC2)nc2n[nH]c(-c3cccc(NCc4ccccc4Cl)c3)c12. The molecule has 2 aromatic heterocycles. The van der Waals surface area contributed by atoms with Gasteiger partial charge in [-0.15, -0.1) is 0 Å². The zero-order valence-electron chi connectivity index (χ0n) is 24.2. The minimum atomic E-state index is -1.20. The van der Waals surface area contributed by atoms with Crippen LogP contribution < -0.4 is 10.6 Å². The highest BCUT2D eigenvalue weighted by atomic mass is 35.5. The van der Waals surface area contributed by atoms with E-state index in [4.69, 9.17) is 31.0 Å². The fourth-order valence-corrected chi connectivity index (χ4v) is 5.67. The standard InChI is InChI=1S/C30H40ClN7O2Si/c1-41(2,3)18-17-40-21-26-27-28(22-8-6-9-24(19-22)33-20-23-7-4-5-10-25(23)31)36-37-29(27)35-30(34-26)32-11-12-38-13-15-39-16-14-38/h4-10,19,33H,11-18,20-21H2,1-3H3,(H2,32,34,35,36,37). The van der Waals surface area contributed by atoms with Gasteiger partial charge in [-0.2, -0.15) is 10.1 Å². The molecule has 5 rings (SSSR count). The van der Waals surface area contributed by atoms with Gasteiger partial charge in [0.25, 0.3) is 0 Å². The number of anilines is 2. The third-order valence-electron chi connectivity index (χ3n) is 7.13. The van der Waals surface area contributed by atoms with Crippen LogP contribution in [0.15, 0.2) is 48.5 Å². The second kappa shape index (κ2) is 13.8. The van der Waals surface area contributed by atoms with Crippen LogP contribution in [0, 0.1) is 0 Å². The van der Waals surface area contributed by atoms with Crippen molar-refractivity contribution in [2.75, 3.05) is 56.6 Å². The molecule has 0 radical (unpaired) electrons. The van der Waals surface area contributed by atoms with Crippen molar-refractivity contribution in [2.24, 2.45) is 0 Å². The van der Waals surface area contributed by atoms with Gasteiger partial charge in [0.05, 0.1) is 36.6 Å². The van der Waals surface area contributed by atoms with Crippen LogP contribution in [-0.2, 0) is 22.6 Å². The number of fused-ring (bicyclic) bond motifs is 1. The molecule has 3 heterocycles. The lowest BCUT2D eigenvalue weighted by Crippen LogP contribution is -2.39. The molecule has 0 bridgehead atoms. The second-order valence-electron chi connectivity index (χ2n) is 11.6. The summed E-state index contributed by atoms with van der Waals surface area (Å²) in [7, 11) is -1.20. The predicted molar refractivity (Wildman–Crippen MR) is 169 cm³/mol. The topological polar surface area (TPSA) is 100 Å². The molecule has 218 valence electrons. The van der Waals surface area contributed by atoms with E-state index in [1.54, 1.807) is 0 Å². The Morgan fingerprint density at radius 2 is 1.88 bits per heavy atom. The number of nitrogens with zero attached hydrogens (tertiary/aromatic N) is 4. The summed E-state index contributed by atoms with van der Waals surface area (Å²) in [5.41, 5.74) is 5.37. The molecule has 0 saturated carbocycles. The van der Waals surface area contributed by atoms with E-state index in [9.17, 15) is 0 Å². The molecule has 2 aromatic carbocycles. The fourth-order valence-electron chi connectivity index (χ4n) is 4.71. The van der Waals surface area contributed by atoms with Crippen LogP contribution in [0.3, 0.4) is 0 Å². The molecule has 0 spiro atoms. The van der Waals surface area contributed by atoms with Gasteiger partial charge in [0.2, 0.25) is 5.95 Å². The predicted octanol–water partition coefficient (Wildman–Crippen LogP) is 5.88. The molecule has 0 aliphatic carbocycles. The van der Waals surface area contributed by atoms with E-state index in [1.807, 2.05) is 36.4 Å². The van der Waals surface area contributed by atoms with Crippen molar-refractivity contribution in [3.8, 4) is 11.3 Å². The third kappa shape index (κ3) is 8.27. The van der Waals surface area contributed by atoms with E-state index in [-0.39, 0.29) is 0 Å². The van der Waals surface area contributed by atoms with Crippen LogP contribution in [0.4, 0.5) is 11.6 Å². The van der Waals surface area contributed by atoms with Gasteiger partial charge in [-0.1, -0.05) is 61.6 Å². The van der Waals surface area contributed by atoms with Crippen LogP contribution >= 0.6 is 11.6 Å². The lowest BCUT2D eigenvalue weighted by Gasteiger charge is -2.26. The van der Waals surface area contributed by atoms with Crippen LogP contribution in [0.5, 0.6) is 0 Å². The smallest absolute Gasteiger partial charge is 0.225 e. The molecule has 1 fully saturated rings. The van der Waals surface area contributed by atoms with Gasteiger partial charge >= 0.3 is 0 Å². The van der Waals surface area contributed by atoms with Crippen LogP contribution in [0.1, 0.15) is 11.3 Å². The number of ether oxygens (including phenoxy) is 2. The number of H-pyrrole nitrogens is 1. The second-order valence-corrected chi connectivity index (χ2v) is 17.6.